The van der Waals surface area contributed by atoms with Crippen LogP contribution in [0.5, 0.6) is 5.88 Å². The van der Waals surface area contributed by atoms with E-state index in [1.54, 1.807) is 6.07 Å². The van der Waals surface area contributed by atoms with Crippen molar-refractivity contribution in [3.8, 4) is 5.88 Å². The molecular formula is C7H9N3OS. The van der Waals surface area contributed by atoms with Crippen LogP contribution in [0.2, 0.25) is 0 Å². The number of thiocarbonyl (C=S) groups is 1. The predicted molar refractivity (Wildman–Crippen MR) is 49.1 cm³/mol. The second-order valence-corrected chi connectivity index (χ2v) is 2.49. The molecule has 0 aromatic carbocycles. The summed E-state index contributed by atoms with van der Waals surface area (Å²) in [5.74, 6) is 0.396. The third kappa shape index (κ3) is 1.88. The van der Waals surface area contributed by atoms with Crippen molar-refractivity contribution in [2.24, 2.45) is 5.73 Å². The highest BCUT2D eigenvalue weighted by Crippen LogP contribution is 2.11. The van der Waals surface area contributed by atoms with Gasteiger partial charge in [0.2, 0.25) is 5.88 Å². The summed E-state index contributed by atoms with van der Waals surface area (Å²) >= 11 is 4.79. The zero-order valence-corrected chi connectivity index (χ0v) is 7.47. The fourth-order valence-electron chi connectivity index (χ4n) is 0.750. The van der Waals surface area contributed by atoms with Crippen molar-refractivity contribution in [2.75, 3.05) is 6.61 Å². The number of nitrogens with zero attached hydrogens (tertiary/aromatic N) is 2. The van der Waals surface area contributed by atoms with Gasteiger partial charge in [-0.1, -0.05) is 12.2 Å². The van der Waals surface area contributed by atoms with Gasteiger partial charge in [0.25, 0.3) is 0 Å². The van der Waals surface area contributed by atoms with Crippen LogP contribution < -0.4 is 10.5 Å². The Morgan fingerprint density at radius 2 is 2.50 bits per heavy atom. The molecule has 0 bridgehead atoms. The van der Waals surface area contributed by atoms with Gasteiger partial charge in [0.05, 0.1) is 18.4 Å². The minimum atomic E-state index is 0.272. The molecule has 1 aromatic heterocycles. The lowest BCUT2D eigenvalue weighted by atomic mass is 10.3. The van der Waals surface area contributed by atoms with Crippen molar-refractivity contribution in [3.63, 3.8) is 0 Å². The van der Waals surface area contributed by atoms with Crippen LogP contribution in [0.15, 0.2) is 12.3 Å². The molecule has 0 atom stereocenters. The Labute approximate surface area is 75.7 Å². The molecule has 0 aliphatic carbocycles. The standard InChI is InChI=1S/C7H9N3OS/c1-2-11-7-5(6(8)12)3-4-9-10-7/h3-4H,2H2,1H3,(H2,8,12). The molecule has 4 nitrogen and oxygen atoms in total. The van der Waals surface area contributed by atoms with Gasteiger partial charge in [-0.3, -0.25) is 0 Å². The molecule has 12 heavy (non-hydrogen) atoms. The first-order chi connectivity index (χ1) is 5.75. The first-order valence-corrected chi connectivity index (χ1v) is 3.90. The predicted octanol–water partition coefficient (Wildman–Crippen LogP) is 0.510. The van der Waals surface area contributed by atoms with Gasteiger partial charge < -0.3 is 10.5 Å². The summed E-state index contributed by atoms with van der Waals surface area (Å²) in [7, 11) is 0. The molecule has 0 saturated carbocycles. The van der Waals surface area contributed by atoms with Crippen LogP contribution in [-0.2, 0) is 0 Å². The zero-order valence-electron chi connectivity index (χ0n) is 6.65. The zero-order chi connectivity index (χ0) is 8.97. The Morgan fingerprint density at radius 1 is 1.75 bits per heavy atom. The number of hydrogen-bond donors (Lipinski definition) is 1. The van der Waals surface area contributed by atoms with Gasteiger partial charge in [-0.15, -0.1) is 5.10 Å². The summed E-state index contributed by atoms with van der Waals surface area (Å²) in [5.41, 5.74) is 6.06. The lowest BCUT2D eigenvalue weighted by Crippen LogP contribution is -2.13. The molecule has 2 N–H and O–H groups in total. The Bertz CT molecular complexity index is 290. The van der Waals surface area contributed by atoms with Crippen LogP contribution in [0.3, 0.4) is 0 Å². The Kier molecular flexibility index (Phi) is 2.93. The monoisotopic (exact) mass is 183 g/mol. The summed E-state index contributed by atoms with van der Waals surface area (Å²) in [5, 5.41) is 7.41. The summed E-state index contributed by atoms with van der Waals surface area (Å²) in [4.78, 5) is 0.272. The fourth-order valence-corrected chi connectivity index (χ4v) is 0.905. The molecule has 1 rings (SSSR count). The van der Waals surface area contributed by atoms with E-state index in [0.29, 0.717) is 18.1 Å². The highest BCUT2D eigenvalue weighted by atomic mass is 32.1. The maximum atomic E-state index is 5.43. The van der Waals surface area contributed by atoms with Gasteiger partial charge in [-0.2, -0.15) is 5.10 Å². The van der Waals surface area contributed by atoms with Crippen molar-refractivity contribution >= 4 is 17.2 Å². The molecule has 0 unspecified atom stereocenters. The summed E-state index contributed by atoms with van der Waals surface area (Å²) < 4.78 is 5.16. The molecule has 5 heteroatoms. The third-order valence-corrected chi connectivity index (χ3v) is 1.45. The average Bonchev–Trinajstić information content (AvgIpc) is 2.05. The van der Waals surface area contributed by atoms with Gasteiger partial charge in [0.1, 0.15) is 4.99 Å². The van der Waals surface area contributed by atoms with E-state index in [-0.39, 0.29) is 4.99 Å². The van der Waals surface area contributed by atoms with E-state index >= 15 is 0 Å². The normalized spacial score (nSPS) is 9.42. The first-order valence-electron chi connectivity index (χ1n) is 3.50. The molecule has 1 aromatic rings. The smallest absolute Gasteiger partial charge is 0.243 e. The summed E-state index contributed by atoms with van der Waals surface area (Å²) in [6.07, 6.45) is 1.52. The molecule has 0 aliphatic heterocycles. The minimum absolute atomic E-state index is 0.272. The van der Waals surface area contributed by atoms with Crippen LogP contribution in [0, 0.1) is 0 Å². The maximum Gasteiger partial charge on any atom is 0.243 e. The van der Waals surface area contributed by atoms with E-state index in [9.17, 15) is 0 Å². The van der Waals surface area contributed by atoms with Crippen LogP contribution in [0.4, 0.5) is 0 Å². The second-order valence-electron chi connectivity index (χ2n) is 2.05. The Hall–Kier alpha value is -1.23. The maximum absolute atomic E-state index is 5.43. The van der Waals surface area contributed by atoms with Crippen LogP contribution in [0.25, 0.3) is 0 Å². The molecule has 0 amide bonds. The number of aromatic nitrogens is 2. The number of hydrogen-bond acceptors (Lipinski definition) is 4. The highest BCUT2D eigenvalue weighted by Gasteiger charge is 2.06. The van der Waals surface area contributed by atoms with Crippen molar-refractivity contribution in [1.82, 2.24) is 10.2 Å². The molecule has 0 aliphatic rings. The Balaban J connectivity index is 3.00. The lowest BCUT2D eigenvalue weighted by molar-refractivity contribution is 0.322. The quantitative estimate of drug-likeness (QED) is 0.692. The molecular weight excluding hydrogens is 174 g/mol. The van der Waals surface area contributed by atoms with Crippen LogP contribution in [0.1, 0.15) is 12.5 Å². The van der Waals surface area contributed by atoms with E-state index in [4.69, 9.17) is 22.7 Å². The van der Waals surface area contributed by atoms with Crippen LogP contribution in [-0.4, -0.2) is 21.8 Å². The fraction of sp³-hybridized carbons (Fsp3) is 0.286. The molecule has 64 valence electrons. The van der Waals surface area contributed by atoms with E-state index in [1.807, 2.05) is 6.92 Å². The topological polar surface area (TPSA) is 61.0 Å². The molecule has 1 heterocycles. The van der Waals surface area contributed by atoms with E-state index in [1.165, 1.54) is 6.20 Å². The van der Waals surface area contributed by atoms with Gasteiger partial charge in [0.15, 0.2) is 0 Å². The molecule has 0 spiro atoms. The second kappa shape index (κ2) is 3.96. The van der Waals surface area contributed by atoms with Gasteiger partial charge >= 0.3 is 0 Å². The minimum Gasteiger partial charge on any atom is -0.476 e. The SMILES string of the molecule is CCOc1nnccc1C(N)=S. The largest absolute Gasteiger partial charge is 0.476 e. The van der Waals surface area contributed by atoms with E-state index in [0.717, 1.165) is 0 Å². The van der Waals surface area contributed by atoms with E-state index < -0.39 is 0 Å². The summed E-state index contributed by atoms with van der Waals surface area (Å²) in [6.45, 7) is 2.38. The van der Waals surface area contributed by atoms with Crippen molar-refractivity contribution < 1.29 is 4.74 Å². The number of nitrogens with two attached hydrogens (primary N) is 1. The summed E-state index contributed by atoms with van der Waals surface area (Å²) in [6, 6.07) is 1.68. The third-order valence-electron chi connectivity index (χ3n) is 1.23. The van der Waals surface area contributed by atoms with Crippen molar-refractivity contribution in [2.45, 2.75) is 6.92 Å². The van der Waals surface area contributed by atoms with Gasteiger partial charge in [-0.25, -0.2) is 0 Å². The highest BCUT2D eigenvalue weighted by molar-refractivity contribution is 7.80. The molecule has 0 fully saturated rings. The van der Waals surface area contributed by atoms with E-state index in [2.05, 4.69) is 10.2 Å². The van der Waals surface area contributed by atoms with Gasteiger partial charge in [0, 0.05) is 0 Å². The number of rotatable bonds is 3. The average molecular weight is 183 g/mol. The number of ether oxygens (including phenoxy) is 1. The molecule has 0 radical (unpaired) electrons. The molecule has 0 saturated heterocycles. The first kappa shape index (κ1) is 8.86. The van der Waals surface area contributed by atoms with Crippen LogP contribution >= 0.6 is 12.2 Å². The Morgan fingerprint density at radius 3 is 3.08 bits per heavy atom. The van der Waals surface area contributed by atoms with Crippen molar-refractivity contribution in [3.05, 3.63) is 17.8 Å². The lowest BCUT2D eigenvalue weighted by Gasteiger charge is -2.04. The van der Waals surface area contributed by atoms with Crippen molar-refractivity contribution in [1.29, 1.82) is 0 Å². The van der Waals surface area contributed by atoms with Gasteiger partial charge in [-0.05, 0) is 13.0 Å².